The molecule has 4 amide bonds. The van der Waals surface area contributed by atoms with Crippen LogP contribution < -0.4 is 31.9 Å². The summed E-state index contributed by atoms with van der Waals surface area (Å²) in [4.78, 5) is 63.3. The number of ketones is 2. The molecule has 6 N–H and O–H groups in total. The number of nitrogens with zero attached hydrogens (tertiary/aromatic N) is 4. The van der Waals surface area contributed by atoms with Crippen molar-refractivity contribution in [2.45, 2.75) is 92.2 Å². The predicted molar refractivity (Wildman–Crippen MR) is 268 cm³/mol. The summed E-state index contributed by atoms with van der Waals surface area (Å²) in [5.74, 6) is 1.36. The molecule has 0 radical (unpaired) electrons. The first-order valence-electron chi connectivity index (χ1n) is 23.7. The number of likely N-dealkylation sites (tertiary alicyclic amines) is 2. The van der Waals surface area contributed by atoms with Crippen LogP contribution in [0.15, 0.2) is 48.5 Å². The predicted octanol–water partition coefficient (Wildman–Crippen LogP) is 7.94. The number of halogens is 2. The Morgan fingerprint density at radius 3 is 1.54 bits per heavy atom. The van der Waals surface area contributed by atoms with Gasteiger partial charge in [0, 0.05) is 77.7 Å². The molecule has 68 heavy (non-hydrogen) atoms. The number of carbonyl (C=O) groups is 4. The van der Waals surface area contributed by atoms with Gasteiger partial charge in [0.15, 0.2) is 21.8 Å². The molecule has 14 nitrogen and oxygen atoms in total. The molecule has 0 saturated carbocycles. The number of nitrogens with one attached hydrogen (secondary N) is 6. The molecule has 4 aliphatic rings. The fraction of sp³-hybridized carbons (Fsp3) is 0.560. The Bertz CT molecular complexity index is 2290. The number of rotatable bonds is 14. The Kier molecular flexibility index (Phi) is 19.5. The summed E-state index contributed by atoms with van der Waals surface area (Å²) in [5.41, 5.74) is 3.66. The molecule has 0 aliphatic carbocycles. The number of benzene rings is 2. The summed E-state index contributed by atoms with van der Waals surface area (Å²) >= 11 is 2.42. The minimum atomic E-state index is -0.287. The number of thiazole rings is 2. The van der Waals surface area contributed by atoms with E-state index in [1.54, 1.807) is 26.0 Å². The molecule has 6 atom stereocenters. The quantitative estimate of drug-likeness (QED) is 0.0682. The number of anilines is 2. The number of aryl methyl sites for hydroxylation is 2. The summed E-state index contributed by atoms with van der Waals surface area (Å²) in [6.45, 7) is 16.0. The van der Waals surface area contributed by atoms with Gasteiger partial charge in [0.25, 0.3) is 0 Å². The topological polar surface area (TPSA) is 173 Å². The SMILES string of the molecule is C.CC(=O)c1sc(NC(=O)N[C@@H]2CNCC[C@H]2CN2CCC[C@@H](Cc3ccc(F)cc3)C2)nc1C.CC(=O)c1sc(NC(=O)N[C@@H]2CNC[C@H]2CN2CCC[C@@H](Cc3ccc(F)cc3)C2)nc1C. The molecule has 0 bridgehead atoms. The third-order valence-electron chi connectivity index (χ3n) is 13.3. The molecule has 6 heterocycles. The van der Waals surface area contributed by atoms with Crippen molar-refractivity contribution < 1.29 is 28.0 Å². The third-order valence-corrected chi connectivity index (χ3v) is 15.7. The molecule has 18 heteroatoms. The average Bonchev–Trinajstić information content (AvgIpc) is 4.00. The first-order chi connectivity index (χ1) is 32.2. The maximum atomic E-state index is 13.2. The van der Waals surface area contributed by atoms with E-state index in [-0.39, 0.29) is 54.8 Å². The van der Waals surface area contributed by atoms with Crippen molar-refractivity contribution in [2.75, 3.05) is 76.1 Å². The van der Waals surface area contributed by atoms with Gasteiger partial charge in [-0.3, -0.25) is 20.2 Å². The lowest BCUT2D eigenvalue weighted by Gasteiger charge is -2.39. The minimum absolute atomic E-state index is 0. The van der Waals surface area contributed by atoms with E-state index in [4.69, 9.17) is 0 Å². The van der Waals surface area contributed by atoms with Crippen molar-refractivity contribution in [3.8, 4) is 0 Å². The molecule has 8 rings (SSSR count). The maximum Gasteiger partial charge on any atom is 0.321 e. The van der Waals surface area contributed by atoms with E-state index in [0.717, 1.165) is 97.6 Å². The standard InChI is InChI=1S/C25H34FN5O2S.C24H32FN5O2S.CH4/c1-16-23(17(2)32)34-25(28-16)30-24(33)29-22-13-27-10-9-20(22)15-31-11-3-4-19(14-31)12-18-5-7-21(26)8-6-18;1-15-22(16(2)31)33-24(27-15)29-23(32)28-21-12-26-11-19(21)14-30-9-3-4-18(13-30)10-17-5-7-20(25)8-6-17;/h5-8,19-20,22,27H,3-4,9-15H2,1-2H3,(H2,28,29,30,33);5-8,18-19,21,26H,3-4,9-14H2,1-2H3,(H2,27,28,29,32);1H4/t19-,20-,22+;18-,19-,21+;/m00./s1. The second-order valence-corrected chi connectivity index (χ2v) is 20.8. The molecule has 0 spiro atoms. The zero-order chi connectivity index (χ0) is 47.5. The van der Waals surface area contributed by atoms with Crippen molar-refractivity contribution in [2.24, 2.45) is 23.7 Å². The Morgan fingerprint density at radius 2 is 1.09 bits per heavy atom. The Hall–Kier alpha value is -4.72. The zero-order valence-electron chi connectivity index (χ0n) is 39.1. The van der Waals surface area contributed by atoms with Crippen LogP contribution in [0.4, 0.5) is 28.6 Å². The van der Waals surface area contributed by atoms with Crippen LogP contribution in [0, 0.1) is 49.2 Å². The first kappa shape index (κ1) is 52.6. The molecule has 0 unspecified atom stereocenters. The van der Waals surface area contributed by atoms with Crippen LogP contribution in [-0.2, 0) is 12.8 Å². The number of carbonyl (C=O) groups excluding carboxylic acids is 4. The van der Waals surface area contributed by atoms with Crippen LogP contribution in [0.5, 0.6) is 0 Å². The average molecular weight is 977 g/mol. The smallest absolute Gasteiger partial charge is 0.321 e. The molecule has 4 fully saturated rings. The highest BCUT2D eigenvalue weighted by molar-refractivity contribution is 7.18. The highest BCUT2D eigenvalue weighted by atomic mass is 32.1. The van der Waals surface area contributed by atoms with Gasteiger partial charge in [-0.25, -0.2) is 28.3 Å². The molecule has 370 valence electrons. The van der Waals surface area contributed by atoms with Crippen LogP contribution in [0.25, 0.3) is 0 Å². The van der Waals surface area contributed by atoms with E-state index in [0.29, 0.717) is 55.1 Å². The van der Waals surface area contributed by atoms with Crippen molar-refractivity contribution in [1.29, 1.82) is 0 Å². The molecule has 4 aromatic rings. The normalized spacial score (nSPS) is 23.1. The molecule has 4 aliphatic heterocycles. The number of aromatic nitrogens is 2. The highest BCUT2D eigenvalue weighted by Crippen LogP contribution is 2.27. The second-order valence-electron chi connectivity index (χ2n) is 18.8. The van der Waals surface area contributed by atoms with Crippen molar-refractivity contribution in [1.82, 2.24) is 41.0 Å². The Morgan fingerprint density at radius 1 is 0.647 bits per heavy atom. The highest BCUT2D eigenvalue weighted by Gasteiger charge is 2.33. The molecule has 2 aromatic heterocycles. The monoisotopic (exact) mass is 976 g/mol. The van der Waals surface area contributed by atoms with E-state index in [9.17, 15) is 28.0 Å². The first-order valence-corrected chi connectivity index (χ1v) is 25.3. The van der Waals surface area contributed by atoms with Gasteiger partial charge >= 0.3 is 12.1 Å². The van der Waals surface area contributed by atoms with Crippen LogP contribution in [-0.4, -0.2) is 121 Å². The molecule has 4 saturated heterocycles. The van der Waals surface area contributed by atoms with Crippen molar-refractivity contribution in [3.63, 3.8) is 0 Å². The summed E-state index contributed by atoms with van der Waals surface area (Å²) in [6.07, 6.45) is 7.66. The molecular formula is C50H70F2N10O4S2. The third kappa shape index (κ3) is 15.4. The van der Waals surface area contributed by atoms with Gasteiger partial charge in [-0.05, 0) is 132 Å². The summed E-state index contributed by atoms with van der Waals surface area (Å²) in [5, 5.41) is 19.5. The summed E-state index contributed by atoms with van der Waals surface area (Å²) in [7, 11) is 0. The summed E-state index contributed by atoms with van der Waals surface area (Å²) in [6, 6.07) is 13.2. The van der Waals surface area contributed by atoms with Crippen LogP contribution in [0.1, 0.15) is 95.2 Å². The van der Waals surface area contributed by atoms with E-state index in [1.807, 2.05) is 24.3 Å². The van der Waals surface area contributed by atoms with Gasteiger partial charge in [-0.2, -0.15) is 0 Å². The number of urea groups is 2. The van der Waals surface area contributed by atoms with Gasteiger partial charge < -0.3 is 31.1 Å². The Balaban J connectivity index is 0.000000221. The van der Waals surface area contributed by atoms with Gasteiger partial charge in [0.1, 0.15) is 11.6 Å². The second kappa shape index (κ2) is 25.2. The molecular weight excluding hydrogens is 907 g/mol. The van der Waals surface area contributed by atoms with Gasteiger partial charge in [0.05, 0.1) is 21.1 Å². The van der Waals surface area contributed by atoms with E-state index in [1.165, 1.54) is 72.6 Å². The van der Waals surface area contributed by atoms with Crippen molar-refractivity contribution in [3.05, 3.63) is 92.4 Å². The lowest BCUT2D eigenvalue weighted by atomic mass is 9.88. The van der Waals surface area contributed by atoms with Crippen LogP contribution >= 0.6 is 22.7 Å². The van der Waals surface area contributed by atoms with Gasteiger partial charge in [-0.1, -0.05) is 54.4 Å². The van der Waals surface area contributed by atoms with E-state index >= 15 is 0 Å². The number of hydrogen-bond acceptors (Lipinski definition) is 12. The zero-order valence-corrected chi connectivity index (χ0v) is 40.7. The fourth-order valence-electron chi connectivity index (χ4n) is 10.1. The summed E-state index contributed by atoms with van der Waals surface area (Å²) < 4.78 is 26.4. The Labute approximate surface area is 408 Å². The minimum Gasteiger partial charge on any atom is -0.333 e. The number of hydrogen-bond donors (Lipinski definition) is 6. The number of Topliss-reactive ketones (excluding diaryl/α,β-unsaturated/α-hetero) is 2. The van der Waals surface area contributed by atoms with E-state index in [2.05, 4.69) is 51.7 Å². The van der Waals surface area contributed by atoms with E-state index < -0.39 is 0 Å². The lowest BCUT2D eigenvalue weighted by Crippen LogP contribution is -2.55. The largest absolute Gasteiger partial charge is 0.333 e. The van der Waals surface area contributed by atoms with Crippen LogP contribution in [0.2, 0.25) is 0 Å². The maximum absolute atomic E-state index is 13.2. The lowest BCUT2D eigenvalue weighted by molar-refractivity contribution is 0.101. The fourth-order valence-corrected chi connectivity index (χ4v) is 11.8. The van der Waals surface area contributed by atoms with Crippen LogP contribution in [0.3, 0.4) is 0 Å². The van der Waals surface area contributed by atoms with Gasteiger partial charge in [0.2, 0.25) is 0 Å². The van der Waals surface area contributed by atoms with Gasteiger partial charge in [-0.15, -0.1) is 0 Å². The number of piperidine rings is 3. The molecule has 2 aromatic carbocycles. The number of amides is 4. The van der Waals surface area contributed by atoms with Crippen molar-refractivity contribution >= 4 is 56.6 Å².